The quantitative estimate of drug-likeness (QED) is 0.839. The maximum atomic E-state index is 12.2. The zero-order chi connectivity index (χ0) is 15.5. The van der Waals surface area contributed by atoms with E-state index in [0.29, 0.717) is 18.0 Å². The maximum Gasteiger partial charge on any atom is 0.346 e. The number of thiophene rings is 1. The summed E-state index contributed by atoms with van der Waals surface area (Å²) in [7, 11) is -3.59. The molecule has 1 aromatic heterocycles. The van der Waals surface area contributed by atoms with Crippen molar-refractivity contribution in [3.8, 4) is 0 Å². The lowest BCUT2D eigenvalue weighted by Gasteiger charge is -2.21. The van der Waals surface area contributed by atoms with Gasteiger partial charge in [-0.15, -0.1) is 11.3 Å². The number of sulfonamides is 1. The lowest BCUT2D eigenvalue weighted by Crippen LogP contribution is -2.26. The van der Waals surface area contributed by atoms with Gasteiger partial charge in [0.25, 0.3) is 0 Å². The molecule has 0 atom stereocenters. The van der Waals surface area contributed by atoms with Gasteiger partial charge in [-0.3, -0.25) is 0 Å². The molecule has 5 nitrogen and oxygen atoms in total. The molecule has 0 saturated heterocycles. The highest BCUT2D eigenvalue weighted by atomic mass is 32.2. The molecule has 118 valence electrons. The third kappa shape index (κ3) is 4.28. The standard InChI is InChI=1S/C14H21NO4S2/c1-10-9-12(20-13(10)14(16)17)21(18,19)15-8-7-11-5-3-2-4-6-11/h9,11,15H,2-8H2,1H3,(H,16,17). The van der Waals surface area contributed by atoms with E-state index in [1.54, 1.807) is 6.92 Å². The lowest BCUT2D eigenvalue weighted by atomic mass is 9.87. The van der Waals surface area contributed by atoms with Crippen molar-refractivity contribution in [2.24, 2.45) is 5.92 Å². The maximum absolute atomic E-state index is 12.2. The highest BCUT2D eigenvalue weighted by Crippen LogP contribution is 2.27. The summed E-state index contributed by atoms with van der Waals surface area (Å²) in [6.07, 6.45) is 6.99. The molecule has 2 N–H and O–H groups in total. The highest BCUT2D eigenvalue weighted by molar-refractivity contribution is 7.91. The van der Waals surface area contributed by atoms with Crippen LogP contribution in [0.15, 0.2) is 10.3 Å². The van der Waals surface area contributed by atoms with Crippen LogP contribution in [0.5, 0.6) is 0 Å². The Morgan fingerprint density at radius 3 is 2.62 bits per heavy atom. The SMILES string of the molecule is Cc1cc(S(=O)(=O)NCCC2CCCCC2)sc1C(=O)O. The second kappa shape index (κ2) is 6.89. The van der Waals surface area contributed by atoms with Crippen LogP contribution in [0.1, 0.15) is 53.8 Å². The van der Waals surface area contributed by atoms with E-state index in [1.165, 1.54) is 38.2 Å². The number of carboxylic acids is 1. The smallest absolute Gasteiger partial charge is 0.346 e. The Morgan fingerprint density at radius 2 is 2.05 bits per heavy atom. The fourth-order valence-electron chi connectivity index (χ4n) is 2.74. The average molecular weight is 331 g/mol. The summed E-state index contributed by atoms with van der Waals surface area (Å²) in [6, 6.07) is 1.43. The Labute approximate surface area is 129 Å². The first kappa shape index (κ1) is 16.5. The zero-order valence-electron chi connectivity index (χ0n) is 12.1. The fourth-order valence-corrected chi connectivity index (χ4v) is 5.21. The lowest BCUT2D eigenvalue weighted by molar-refractivity contribution is 0.0701. The largest absolute Gasteiger partial charge is 0.477 e. The third-order valence-corrected chi connectivity index (χ3v) is 7.08. The van der Waals surface area contributed by atoms with E-state index < -0.39 is 16.0 Å². The van der Waals surface area contributed by atoms with Gasteiger partial charge >= 0.3 is 5.97 Å². The number of hydrogen-bond donors (Lipinski definition) is 2. The Morgan fingerprint density at radius 1 is 1.38 bits per heavy atom. The number of rotatable bonds is 6. The minimum atomic E-state index is -3.59. The Kier molecular flexibility index (Phi) is 5.40. The first-order valence-electron chi connectivity index (χ1n) is 7.23. The van der Waals surface area contributed by atoms with Crippen LogP contribution in [0, 0.1) is 12.8 Å². The molecule has 1 aliphatic rings. The number of carbonyl (C=O) groups is 1. The normalized spacial score (nSPS) is 17.0. The van der Waals surface area contributed by atoms with Gasteiger partial charge in [-0.1, -0.05) is 32.1 Å². The van der Waals surface area contributed by atoms with Crippen LogP contribution >= 0.6 is 11.3 Å². The van der Waals surface area contributed by atoms with Crippen molar-refractivity contribution in [2.45, 2.75) is 49.7 Å². The van der Waals surface area contributed by atoms with Gasteiger partial charge in [-0.25, -0.2) is 17.9 Å². The minimum Gasteiger partial charge on any atom is -0.477 e. The summed E-state index contributed by atoms with van der Waals surface area (Å²) in [4.78, 5) is 11.1. The molecule has 0 spiro atoms. The molecule has 21 heavy (non-hydrogen) atoms. The average Bonchev–Trinajstić information content (AvgIpc) is 2.83. The first-order valence-corrected chi connectivity index (χ1v) is 9.53. The van der Waals surface area contributed by atoms with Gasteiger partial charge < -0.3 is 5.11 Å². The molecular weight excluding hydrogens is 310 g/mol. The van der Waals surface area contributed by atoms with Crippen molar-refractivity contribution in [1.29, 1.82) is 0 Å². The monoisotopic (exact) mass is 331 g/mol. The predicted octanol–water partition coefficient (Wildman–Crippen LogP) is 3.00. The Hall–Kier alpha value is -0.920. The van der Waals surface area contributed by atoms with Crippen molar-refractivity contribution >= 4 is 27.3 Å². The molecule has 0 bridgehead atoms. The van der Waals surface area contributed by atoms with Gasteiger partial charge in [0, 0.05) is 6.54 Å². The minimum absolute atomic E-state index is 0.0843. The molecule has 1 fully saturated rings. The zero-order valence-corrected chi connectivity index (χ0v) is 13.7. The van der Waals surface area contributed by atoms with Crippen LogP contribution < -0.4 is 4.72 Å². The van der Waals surface area contributed by atoms with E-state index in [1.807, 2.05) is 0 Å². The summed E-state index contributed by atoms with van der Waals surface area (Å²) in [5.74, 6) is -0.470. The molecular formula is C14H21NO4S2. The summed E-state index contributed by atoms with van der Waals surface area (Å²) >= 11 is 0.811. The summed E-state index contributed by atoms with van der Waals surface area (Å²) in [5, 5.41) is 8.99. The van der Waals surface area contributed by atoms with Crippen molar-refractivity contribution in [2.75, 3.05) is 6.54 Å². The molecule has 1 aliphatic carbocycles. The van der Waals surface area contributed by atoms with E-state index in [-0.39, 0.29) is 9.09 Å². The van der Waals surface area contributed by atoms with Gasteiger partial charge in [-0.05, 0) is 30.9 Å². The fraction of sp³-hybridized carbons (Fsp3) is 0.643. The third-order valence-electron chi connectivity index (χ3n) is 3.92. The topological polar surface area (TPSA) is 83.5 Å². The number of aryl methyl sites for hydroxylation is 1. The molecule has 0 aromatic carbocycles. The second-order valence-electron chi connectivity index (χ2n) is 5.57. The van der Waals surface area contributed by atoms with Crippen molar-refractivity contribution in [3.63, 3.8) is 0 Å². The number of aromatic carboxylic acids is 1. The van der Waals surface area contributed by atoms with Crippen LogP contribution in [0.3, 0.4) is 0 Å². The van der Waals surface area contributed by atoms with E-state index in [9.17, 15) is 13.2 Å². The number of carboxylic acid groups (broad SMARTS) is 1. The predicted molar refractivity (Wildman–Crippen MR) is 82.4 cm³/mol. The molecule has 0 aliphatic heterocycles. The van der Waals surface area contributed by atoms with Crippen LogP contribution in [-0.2, 0) is 10.0 Å². The second-order valence-corrected chi connectivity index (χ2v) is 8.62. The van der Waals surface area contributed by atoms with Gasteiger partial charge in [-0.2, -0.15) is 0 Å². The van der Waals surface area contributed by atoms with Crippen LogP contribution in [0.4, 0.5) is 0 Å². The molecule has 7 heteroatoms. The molecule has 1 aromatic rings. The van der Waals surface area contributed by atoms with Crippen molar-refractivity contribution < 1.29 is 18.3 Å². The van der Waals surface area contributed by atoms with Crippen LogP contribution in [-0.4, -0.2) is 26.0 Å². The summed E-state index contributed by atoms with van der Waals surface area (Å²) < 4.78 is 27.0. The summed E-state index contributed by atoms with van der Waals surface area (Å²) in [5.41, 5.74) is 0.486. The Bertz CT molecular complexity index is 600. The molecule has 1 saturated carbocycles. The Balaban J connectivity index is 1.95. The van der Waals surface area contributed by atoms with E-state index in [2.05, 4.69) is 4.72 Å². The number of hydrogen-bond acceptors (Lipinski definition) is 4. The molecule has 2 rings (SSSR count). The van der Waals surface area contributed by atoms with Gasteiger partial charge in [0.1, 0.15) is 9.09 Å². The summed E-state index contributed by atoms with van der Waals surface area (Å²) in [6.45, 7) is 2.04. The van der Waals surface area contributed by atoms with E-state index in [4.69, 9.17) is 5.11 Å². The van der Waals surface area contributed by atoms with Gasteiger partial charge in [0.2, 0.25) is 10.0 Å². The van der Waals surface area contributed by atoms with Gasteiger partial charge in [0.05, 0.1) is 0 Å². The first-order chi connectivity index (χ1) is 9.90. The van der Waals surface area contributed by atoms with Crippen molar-refractivity contribution in [1.82, 2.24) is 4.72 Å². The highest BCUT2D eigenvalue weighted by Gasteiger charge is 2.22. The van der Waals surface area contributed by atoms with Crippen molar-refractivity contribution in [3.05, 3.63) is 16.5 Å². The van der Waals surface area contributed by atoms with Crippen LogP contribution in [0.25, 0.3) is 0 Å². The van der Waals surface area contributed by atoms with Crippen LogP contribution in [0.2, 0.25) is 0 Å². The number of nitrogens with one attached hydrogen (secondary N) is 1. The van der Waals surface area contributed by atoms with E-state index in [0.717, 1.165) is 17.8 Å². The molecule has 0 radical (unpaired) electrons. The van der Waals surface area contributed by atoms with E-state index >= 15 is 0 Å². The van der Waals surface area contributed by atoms with Gasteiger partial charge in [0.15, 0.2) is 0 Å². The molecule has 1 heterocycles. The molecule has 0 amide bonds. The molecule has 0 unspecified atom stereocenters.